The topological polar surface area (TPSA) is 96.4 Å². The van der Waals surface area contributed by atoms with Crippen molar-refractivity contribution in [3.63, 3.8) is 0 Å². The Kier molecular flexibility index (Phi) is 6.63. The molecule has 0 bridgehead atoms. The Labute approximate surface area is 186 Å². The van der Waals surface area contributed by atoms with Gasteiger partial charge in [-0.1, -0.05) is 18.2 Å². The van der Waals surface area contributed by atoms with Crippen molar-refractivity contribution < 1.29 is 4.74 Å². The van der Waals surface area contributed by atoms with E-state index in [1.54, 1.807) is 6.20 Å². The predicted octanol–water partition coefficient (Wildman–Crippen LogP) is 3.58. The van der Waals surface area contributed by atoms with E-state index in [4.69, 9.17) is 17.0 Å². The van der Waals surface area contributed by atoms with E-state index in [0.717, 1.165) is 47.4 Å². The summed E-state index contributed by atoms with van der Waals surface area (Å²) in [5.41, 5.74) is 3.42. The monoisotopic (exact) mass is 435 g/mol. The molecule has 1 aliphatic heterocycles. The van der Waals surface area contributed by atoms with Crippen LogP contribution >= 0.6 is 12.2 Å². The number of hydrogen-bond donors (Lipinski definition) is 3. The number of anilines is 2. The van der Waals surface area contributed by atoms with Crippen LogP contribution in [0.15, 0.2) is 47.6 Å². The number of fused-ring (bicyclic) bond motifs is 1. The van der Waals surface area contributed by atoms with Crippen LogP contribution in [0.2, 0.25) is 0 Å². The fraction of sp³-hybridized carbons (Fsp3) is 0.318. The van der Waals surface area contributed by atoms with Gasteiger partial charge < -0.3 is 15.4 Å². The van der Waals surface area contributed by atoms with Crippen LogP contribution in [0.1, 0.15) is 24.2 Å². The van der Waals surface area contributed by atoms with Gasteiger partial charge in [0.15, 0.2) is 5.11 Å². The van der Waals surface area contributed by atoms with Gasteiger partial charge in [-0.15, -0.1) is 0 Å². The van der Waals surface area contributed by atoms with Gasteiger partial charge in [0.05, 0.1) is 23.5 Å². The lowest BCUT2D eigenvalue weighted by Gasteiger charge is -2.14. The molecule has 1 aliphatic rings. The predicted molar refractivity (Wildman–Crippen MR) is 128 cm³/mol. The quantitative estimate of drug-likeness (QED) is 0.325. The van der Waals surface area contributed by atoms with Crippen molar-refractivity contribution in [2.75, 3.05) is 23.8 Å². The molecule has 4 rings (SSSR count). The van der Waals surface area contributed by atoms with Gasteiger partial charge in [0.2, 0.25) is 11.9 Å². The van der Waals surface area contributed by atoms with Crippen molar-refractivity contribution in [2.45, 2.75) is 32.8 Å². The smallest absolute Gasteiger partial charge is 0.229 e. The Morgan fingerprint density at radius 1 is 1.16 bits per heavy atom. The number of aromatic nitrogens is 3. The Morgan fingerprint density at radius 2 is 1.97 bits per heavy atom. The first-order chi connectivity index (χ1) is 15.0. The summed E-state index contributed by atoms with van der Waals surface area (Å²) in [7, 11) is 0. The Balaban J connectivity index is 1.54. The van der Waals surface area contributed by atoms with Gasteiger partial charge in [-0.25, -0.2) is 9.97 Å². The third kappa shape index (κ3) is 5.93. The second kappa shape index (κ2) is 9.76. The molecule has 2 aromatic heterocycles. The molecule has 8 nitrogen and oxygen atoms in total. The first kappa shape index (κ1) is 21.1. The van der Waals surface area contributed by atoms with E-state index in [9.17, 15) is 0 Å². The summed E-state index contributed by atoms with van der Waals surface area (Å²) in [5, 5.41) is 10.9. The largest absolute Gasteiger partial charge is 0.376 e. The highest BCUT2D eigenvalue weighted by Crippen LogP contribution is 2.16. The summed E-state index contributed by atoms with van der Waals surface area (Å²) in [4.78, 5) is 17.9. The lowest BCUT2D eigenvalue weighted by molar-refractivity contribution is 0.114. The molecular weight excluding hydrogens is 410 g/mol. The zero-order valence-electron chi connectivity index (χ0n) is 17.6. The third-order valence-corrected chi connectivity index (χ3v) is 5.02. The van der Waals surface area contributed by atoms with Gasteiger partial charge in [0.25, 0.3) is 0 Å². The fourth-order valence-corrected chi connectivity index (χ4v) is 3.57. The van der Waals surface area contributed by atoms with E-state index in [1.165, 1.54) is 0 Å². The van der Waals surface area contributed by atoms with Crippen molar-refractivity contribution in [1.29, 1.82) is 0 Å². The number of pyridine rings is 1. The molecule has 1 aromatic carbocycles. The lowest BCUT2D eigenvalue weighted by Crippen LogP contribution is -2.32. The van der Waals surface area contributed by atoms with Gasteiger partial charge in [0.1, 0.15) is 0 Å². The summed E-state index contributed by atoms with van der Waals surface area (Å²) >= 11 is 5.44. The van der Waals surface area contributed by atoms with E-state index >= 15 is 0 Å². The molecule has 1 fully saturated rings. The highest BCUT2D eigenvalue weighted by Gasteiger charge is 2.15. The summed E-state index contributed by atoms with van der Waals surface area (Å²) < 4.78 is 5.64. The molecule has 0 spiro atoms. The Morgan fingerprint density at radius 3 is 2.74 bits per heavy atom. The van der Waals surface area contributed by atoms with E-state index < -0.39 is 0 Å². The SMILES string of the molecule is Cc1cc(C)nc(N/C(=N\C(=S)NCC2CCCO2)Nc2cnc3ccccc3c2)n1. The van der Waals surface area contributed by atoms with Crippen LogP contribution in [-0.4, -0.2) is 45.3 Å². The van der Waals surface area contributed by atoms with E-state index in [-0.39, 0.29) is 6.10 Å². The average Bonchev–Trinajstić information content (AvgIpc) is 3.25. The first-order valence-corrected chi connectivity index (χ1v) is 10.7. The minimum absolute atomic E-state index is 0.171. The van der Waals surface area contributed by atoms with Crippen LogP contribution in [0.4, 0.5) is 11.6 Å². The van der Waals surface area contributed by atoms with Gasteiger partial charge in [-0.3, -0.25) is 10.3 Å². The second-order valence-corrected chi connectivity index (χ2v) is 7.81. The third-order valence-electron chi connectivity index (χ3n) is 4.78. The minimum atomic E-state index is 0.171. The number of nitrogens with zero attached hydrogens (tertiary/aromatic N) is 4. The number of nitrogens with one attached hydrogen (secondary N) is 3. The molecule has 3 heterocycles. The Hall–Kier alpha value is -3.17. The number of thiocarbonyl (C=S) groups is 1. The molecule has 1 saturated heterocycles. The summed E-state index contributed by atoms with van der Waals surface area (Å²) in [6.07, 6.45) is 4.03. The minimum Gasteiger partial charge on any atom is -0.376 e. The number of aliphatic imine (C=N–C) groups is 1. The van der Waals surface area contributed by atoms with Crippen molar-refractivity contribution in [2.24, 2.45) is 4.99 Å². The molecule has 3 N–H and O–H groups in total. The molecule has 0 amide bonds. The molecule has 3 aromatic rings. The number of rotatable bonds is 4. The number of para-hydroxylation sites is 1. The maximum atomic E-state index is 5.64. The van der Waals surface area contributed by atoms with Crippen molar-refractivity contribution in [3.8, 4) is 0 Å². The van der Waals surface area contributed by atoms with E-state index in [2.05, 4.69) is 35.9 Å². The van der Waals surface area contributed by atoms with Crippen LogP contribution in [0.25, 0.3) is 10.9 Å². The van der Waals surface area contributed by atoms with Crippen molar-refractivity contribution in [3.05, 3.63) is 54.0 Å². The standard InChI is InChI=1S/C22H25N7OS/c1-14-10-15(2)26-20(25-14)28-21(29-22(31)24-13-18-7-5-9-30-18)27-17-11-16-6-3-4-8-19(16)23-12-17/h3-4,6,8,10-12,18H,5,7,9,13H2,1-2H3,(H3,24,25,26,27,28,29,31). The van der Waals surface area contributed by atoms with Gasteiger partial charge >= 0.3 is 0 Å². The number of aryl methyl sites for hydroxylation is 2. The van der Waals surface area contributed by atoms with Crippen molar-refractivity contribution >= 4 is 45.8 Å². The van der Waals surface area contributed by atoms with Crippen LogP contribution in [0, 0.1) is 13.8 Å². The van der Waals surface area contributed by atoms with E-state index in [0.29, 0.717) is 23.6 Å². The number of hydrogen-bond acceptors (Lipinski definition) is 5. The van der Waals surface area contributed by atoms with Gasteiger partial charge in [0, 0.05) is 29.9 Å². The molecule has 0 radical (unpaired) electrons. The average molecular weight is 436 g/mol. The molecule has 31 heavy (non-hydrogen) atoms. The molecule has 1 atom stereocenters. The molecule has 160 valence electrons. The molecule has 9 heteroatoms. The second-order valence-electron chi connectivity index (χ2n) is 7.42. The van der Waals surface area contributed by atoms with Crippen LogP contribution < -0.4 is 16.0 Å². The van der Waals surface area contributed by atoms with Gasteiger partial charge in [-0.05, 0) is 57.1 Å². The Bertz CT molecular complexity index is 1090. The first-order valence-electron chi connectivity index (χ1n) is 10.2. The van der Waals surface area contributed by atoms with Crippen LogP contribution in [0.5, 0.6) is 0 Å². The summed E-state index contributed by atoms with van der Waals surface area (Å²) in [5.74, 6) is 0.853. The van der Waals surface area contributed by atoms with Gasteiger partial charge in [-0.2, -0.15) is 4.99 Å². The number of ether oxygens (including phenoxy) is 1. The highest BCUT2D eigenvalue weighted by atomic mass is 32.1. The zero-order chi connectivity index (χ0) is 21.6. The molecular formula is C22H25N7OS. The molecule has 0 saturated carbocycles. The normalized spacial score (nSPS) is 16.3. The zero-order valence-corrected chi connectivity index (χ0v) is 18.4. The van der Waals surface area contributed by atoms with E-state index in [1.807, 2.05) is 50.2 Å². The highest BCUT2D eigenvalue weighted by molar-refractivity contribution is 7.80. The van der Waals surface area contributed by atoms with Crippen LogP contribution in [-0.2, 0) is 4.74 Å². The maximum absolute atomic E-state index is 5.64. The fourth-order valence-electron chi connectivity index (χ4n) is 3.40. The van der Waals surface area contributed by atoms with Crippen LogP contribution in [0.3, 0.4) is 0 Å². The maximum Gasteiger partial charge on any atom is 0.229 e. The number of benzene rings is 1. The summed E-state index contributed by atoms with van der Waals surface area (Å²) in [6.45, 7) is 5.28. The molecule has 1 unspecified atom stereocenters. The molecule has 0 aliphatic carbocycles. The van der Waals surface area contributed by atoms with Crippen molar-refractivity contribution in [1.82, 2.24) is 20.3 Å². The summed E-state index contributed by atoms with van der Waals surface area (Å²) in [6, 6.07) is 11.8. The number of guanidine groups is 1. The lowest BCUT2D eigenvalue weighted by atomic mass is 10.2.